The second-order valence-electron chi connectivity index (χ2n) is 6.10. The summed E-state index contributed by atoms with van der Waals surface area (Å²) in [5.41, 5.74) is 5.30. The molecule has 0 saturated heterocycles. The highest BCUT2D eigenvalue weighted by Crippen LogP contribution is 2.32. The Balaban J connectivity index is 1.52. The first-order valence-electron chi connectivity index (χ1n) is 8.64. The molecule has 0 aliphatic carbocycles. The lowest BCUT2D eigenvalue weighted by atomic mass is 9.91. The lowest BCUT2D eigenvalue weighted by Gasteiger charge is -2.16. The van der Waals surface area contributed by atoms with Gasteiger partial charge in [-0.25, -0.2) is 5.43 Å². The molecular formula is C22H18N2O3. The number of nitrogens with zero attached hydrogens (tertiary/aromatic N) is 1. The van der Waals surface area contributed by atoms with Gasteiger partial charge in [0.1, 0.15) is 0 Å². The van der Waals surface area contributed by atoms with Crippen molar-refractivity contribution in [3.8, 4) is 11.5 Å². The number of hydrazone groups is 1. The van der Waals surface area contributed by atoms with Gasteiger partial charge in [0.25, 0.3) is 5.91 Å². The minimum absolute atomic E-state index is 0.190. The van der Waals surface area contributed by atoms with Crippen LogP contribution in [0.3, 0.4) is 0 Å². The van der Waals surface area contributed by atoms with Gasteiger partial charge in [0, 0.05) is 0 Å². The zero-order valence-electron chi connectivity index (χ0n) is 14.5. The minimum atomic E-state index is -0.429. The number of nitrogens with one attached hydrogen (secondary N) is 1. The highest BCUT2D eigenvalue weighted by molar-refractivity contribution is 5.88. The minimum Gasteiger partial charge on any atom is -0.454 e. The van der Waals surface area contributed by atoms with Crippen LogP contribution in [0.5, 0.6) is 11.5 Å². The van der Waals surface area contributed by atoms with Gasteiger partial charge >= 0.3 is 0 Å². The van der Waals surface area contributed by atoms with Crippen LogP contribution < -0.4 is 14.9 Å². The van der Waals surface area contributed by atoms with Crippen molar-refractivity contribution in [2.75, 3.05) is 6.79 Å². The first-order valence-corrected chi connectivity index (χ1v) is 8.64. The van der Waals surface area contributed by atoms with E-state index in [9.17, 15) is 4.79 Å². The summed E-state index contributed by atoms with van der Waals surface area (Å²) < 4.78 is 10.6. The van der Waals surface area contributed by atoms with Gasteiger partial charge in [-0.1, -0.05) is 60.7 Å². The number of ether oxygens (including phenoxy) is 2. The lowest BCUT2D eigenvalue weighted by Crippen LogP contribution is -2.26. The molecule has 5 heteroatoms. The Morgan fingerprint density at radius 2 is 1.52 bits per heavy atom. The fourth-order valence-corrected chi connectivity index (χ4v) is 3.01. The number of hydrogen-bond acceptors (Lipinski definition) is 4. The van der Waals surface area contributed by atoms with Crippen LogP contribution in [-0.2, 0) is 4.79 Å². The van der Waals surface area contributed by atoms with E-state index in [0.29, 0.717) is 11.5 Å². The first-order chi connectivity index (χ1) is 13.3. The van der Waals surface area contributed by atoms with E-state index in [1.165, 1.54) is 0 Å². The van der Waals surface area contributed by atoms with E-state index in [2.05, 4.69) is 10.5 Å². The molecule has 0 aromatic heterocycles. The van der Waals surface area contributed by atoms with E-state index in [0.717, 1.165) is 16.7 Å². The van der Waals surface area contributed by atoms with Gasteiger partial charge in [-0.2, -0.15) is 5.10 Å². The zero-order valence-corrected chi connectivity index (χ0v) is 14.5. The number of benzene rings is 3. The summed E-state index contributed by atoms with van der Waals surface area (Å²) in [5.74, 6) is 0.770. The van der Waals surface area contributed by atoms with Crippen molar-refractivity contribution in [3.63, 3.8) is 0 Å². The Morgan fingerprint density at radius 3 is 2.19 bits per heavy atom. The van der Waals surface area contributed by atoms with Crippen molar-refractivity contribution in [2.24, 2.45) is 5.10 Å². The fourth-order valence-electron chi connectivity index (χ4n) is 3.01. The molecule has 4 rings (SSSR count). The van der Waals surface area contributed by atoms with Crippen molar-refractivity contribution in [1.82, 2.24) is 5.43 Å². The van der Waals surface area contributed by atoms with Crippen LogP contribution >= 0.6 is 0 Å². The van der Waals surface area contributed by atoms with Crippen LogP contribution in [0.1, 0.15) is 22.6 Å². The van der Waals surface area contributed by atoms with Gasteiger partial charge in [-0.15, -0.1) is 0 Å². The molecule has 5 nitrogen and oxygen atoms in total. The third-order valence-corrected chi connectivity index (χ3v) is 4.31. The van der Waals surface area contributed by atoms with Gasteiger partial charge in [0.15, 0.2) is 11.5 Å². The smallest absolute Gasteiger partial charge is 0.252 e. The topological polar surface area (TPSA) is 59.9 Å². The second kappa shape index (κ2) is 7.74. The third-order valence-electron chi connectivity index (χ3n) is 4.31. The van der Waals surface area contributed by atoms with E-state index in [4.69, 9.17) is 9.47 Å². The van der Waals surface area contributed by atoms with E-state index in [-0.39, 0.29) is 12.7 Å². The number of fused-ring (bicyclic) bond motifs is 1. The standard InChI is InChI=1S/C22H18N2O3/c25-22(24-23-14-16-11-12-19-20(13-16)27-15-26-19)21(17-7-3-1-4-8-17)18-9-5-2-6-10-18/h1-14,21H,15H2,(H,24,25)/b23-14-. The molecule has 0 fully saturated rings. The predicted octanol–water partition coefficient (Wildman–Crippen LogP) is 3.70. The fraction of sp³-hybridized carbons (Fsp3) is 0.0909. The molecular weight excluding hydrogens is 340 g/mol. The normalized spacial score (nSPS) is 12.5. The third kappa shape index (κ3) is 3.82. The Morgan fingerprint density at radius 1 is 0.889 bits per heavy atom. The van der Waals surface area contributed by atoms with Crippen LogP contribution in [0.15, 0.2) is 84.0 Å². The summed E-state index contributed by atoms with van der Waals surface area (Å²) >= 11 is 0. The summed E-state index contributed by atoms with van der Waals surface area (Å²) in [7, 11) is 0. The SMILES string of the molecule is O=C(N/N=C\c1ccc2c(c1)OCO2)C(c1ccccc1)c1ccccc1. The van der Waals surface area contributed by atoms with Gasteiger partial charge < -0.3 is 9.47 Å². The van der Waals surface area contributed by atoms with E-state index in [1.54, 1.807) is 6.21 Å². The molecule has 0 radical (unpaired) electrons. The average molecular weight is 358 g/mol. The van der Waals surface area contributed by atoms with Crippen molar-refractivity contribution in [1.29, 1.82) is 0 Å². The van der Waals surface area contributed by atoms with Crippen LogP contribution in [0, 0.1) is 0 Å². The summed E-state index contributed by atoms with van der Waals surface area (Å²) in [4.78, 5) is 12.9. The van der Waals surface area contributed by atoms with Gasteiger partial charge in [-0.05, 0) is 34.9 Å². The van der Waals surface area contributed by atoms with Gasteiger partial charge in [-0.3, -0.25) is 4.79 Å². The molecule has 0 spiro atoms. The molecule has 1 N–H and O–H groups in total. The molecule has 3 aromatic rings. The average Bonchev–Trinajstić information content (AvgIpc) is 3.18. The van der Waals surface area contributed by atoms with E-state index >= 15 is 0 Å². The van der Waals surface area contributed by atoms with Crippen LogP contribution in [-0.4, -0.2) is 18.9 Å². The molecule has 0 unspecified atom stereocenters. The Kier molecular flexibility index (Phi) is 4.83. The summed E-state index contributed by atoms with van der Waals surface area (Å²) in [6.45, 7) is 0.225. The van der Waals surface area contributed by atoms with E-state index in [1.807, 2.05) is 78.9 Å². The summed E-state index contributed by atoms with van der Waals surface area (Å²) in [6, 6.07) is 24.8. The quantitative estimate of drug-likeness (QED) is 0.559. The maximum atomic E-state index is 12.9. The zero-order chi connectivity index (χ0) is 18.5. The molecule has 134 valence electrons. The largest absolute Gasteiger partial charge is 0.454 e. The summed E-state index contributed by atoms with van der Waals surface area (Å²) in [6.07, 6.45) is 1.59. The van der Waals surface area contributed by atoms with E-state index < -0.39 is 5.92 Å². The van der Waals surface area contributed by atoms with Gasteiger partial charge in [0.2, 0.25) is 6.79 Å². The lowest BCUT2D eigenvalue weighted by molar-refractivity contribution is -0.121. The number of hydrogen-bond donors (Lipinski definition) is 1. The van der Waals surface area contributed by atoms with Crippen molar-refractivity contribution in [2.45, 2.75) is 5.92 Å². The highest BCUT2D eigenvalue weighted by atomic mass is 16.7. The number of carbonyl (C=O) groups is 1. The molecule has 0 bridgehead atoms. The van der Waals surface area contributed by atoms with Crippen LogP contribution in [0.25, 0.3) is 0 Å². The van der Waals surface area contributed by atoms with Crippen molar-refractivity contribution >= 4 is 12.1 Å². The monoisotopic (exact) mass is 358 g/mol. The highest BCUT2D eigenvalue weighted by Gasteiger charge is 2.22. The number of carbonyl (C=O) groups excluding carboxylic acids is 1. The molecule has 1 amide bonds. The number of amides is 1. The molecule has 1 heterocycles. The first kappa shape index (κ1) is 16.8. The van der Waals surface area contributed by atoms with Gasteiger partial charge in [0.05, 0.1) is 12.1 Å². The van der Waals surface area contributed by atoms with Crippen LogP contribution in [0.4, 0.5) is 0 Å². The summed E-state index contributed by atoms with van der Waals surface area (Å²) in [5, 5.41) is 4.12. The van der Waals surface area contributed by atoms with Crippen molar-refractivity contribution < 1.29 is 14.3 Å². The molecule has 1 aliphatic heterocycles. The molecule has 0 saturated carbocycles. The maximum absolute atomic E-state index is 12.9. The maximum Gasteiger partial charge on any atom is 0.252 e. The Labute approximate surface area is 157 Å². The van der Waals surface area contributed by atoms with Crippen molar-refractivity contribution in [3.05, 3.63) is 95.6 Å². The molecule has 1 aliphatic rings. The Bertz CT molecular complexity index is 916. The molecule has 0 atom stereocenters. The number of rotatable bonds is 5. The Hall–Kier alpha value is -3.60. The second-order valence-corrected chi connectivity index (χ2v) is 6.10. The molecule has 27 heavy (non-hydrogen) atoms. The van der Waals surface area contributed by atoms with Crippen LogP contribution in [0.2, 0.25) is 0 Å². The molecule has 3 aromatic carbocycles. The predicted molar refractivity (Wildman–Crippen MR) is 103 cm³/mol.